The van der Waals surface area contributed by atoms with Gasteiger partial charge in [0.1, 0.15) is 5.75 Å². The fourth-order valence-corrected chi connectivity index (χ4v) is 3.37. The monoisotopic (exact) mass is 387 g/mol. The second-order valence-corrected chi connectivity index (χ2v) is 7.16. The number of amides is 2. The number of carbonyl (C=O) groups is 2. The Bertz CT molecular complexity index is 670. The van der Waals surface area contributed by atoms with Crippen LogP contribution in [0.25, 0.3) is 0 Å². The van der Waals surface area contributed by atoms with Crippen molar-refractivity contribution in [1.29, 1.82) is 0 Å². The lowest BCUT2D eigenvalue weighted by Gasteiger charge is -2.26. The number of hydrogen-bond donors (Lipinski definition) is 2. The fourth-order valence-electron chi connectivity index (χ4n) is 3.37. The molecule has 0 bridgehead atoms. The Morgan fingerprint density at radius 1 is 1.21 bits per heavy atom. The molecular formula is C22H33N3O3. The van der Waals surface area contributed by atoms with E-state index >= 15 is 0 Å². The maximum atomic E-state index is 12.5. The van der Waals surface area contributed by atoms with Crippen LogP contribution in [0.1, 0.15) is 46.0 Å². The number of likely N-dealkylation sites (N-methyl/N-ethyl adjacent to an activating group) is 1. The molecule has 0 aromatic heterocycles. The first-order valence-corrected chi connectivity index (χ1v) is 10.2. The van der Waals surface area contributed by atoms with Gasteiger partial charge in [-0.2, -0.15) is 0 Å². The van der Waals surface area contributed by atoms with Crippen LogP contribution in [-0.4, -0.2) is 49.5 Å². The summed E-state index contributed by atoms with van der Waals surface area (Å²) in [7, 11) is 1.60. The molecule has 6 nitrogen and oxygen atoms in total. The largest absolute Gasteiger partial charge is 0.497 e. The van der Waals surface area contributed by atoms with Gasteiger partial charge in [-0.3, -0.25) is 14.5 Å². The Morgan fingerprint density at radius 3 is 2.57 bits per heavy atom. The summed E-state index contributed by atoms with van der Waals surface area (Å²) >= 11 is 0. The van der Waals surface area contributed by atoms with Crippen LogP contribution in [-0.2, 0) is 9.59 Å². The van der Waals surface area contributed by atoms with E-state index in [-0.39, 0.29) is 24.4 Å². The standard InChI is InChI=1S/C22H33N3O3/c1-4-25(16-21(26)24-19-10-12-20(28-3)13-11-19)17(2)22(27)23-15-14-18-8-6-5-7-9-18/h8,10-13,17H,4-7,9,14-16H2,1-3H3,(H,23,27)(H,24,26)/t17-/m0/s1. The minimum Gasteiger partial charge on any atom is -0.497 e. The number of rotatable bonds is 10. The molecule has 1 aromatic rings. The summed E-state index contributed by atoms with van der Waals surface area (Å²) in [6, 6.07) is 6.83. The zero-order chi connectivity index (χ0) is 20.4. The summed E-state index contributed by atoms with van der Waals surface area (Å²) in [5.74, 6) is 0.567. The zero-order valence-corrected chi connectivity index (χ0v) is 17.3. The highest BCUT2D eigenvalue weighted by atomic mass is 16.5. The number of nitrogens with zero attached hydrogens (tertiary/aromatic N) is 1. The Hall–Kier alpha value is -2.34. The molecule has 0 spiro atoms. The normalized spacial score (nSPS) is 14.9. The molecule has 1 aliphatic carbocycles. The van der Waals surface area contributed by atoms with Crippen LogP contribution in [0.2, 0.25) is 0 Å². The van der Waals surface area contributed by atoms with Gasteiger partial charge >= 0.3 is 0 Å². The molecule has 1 aliphatic rings. The number of nitrogens with one attached hydrogen (secondary N) is 2. The molecule has 0 unspecified atom stereocenters. The molecule has 0 saturated carbocycles. The van der Waals surface area contributed by atoms with Crippen molar-refractivity contribution in [1.82, 2.24) is 10.2 Å². The number of hydrogen-bond acceptors (Lipinski definition) is 4. The third kappa shape index (κ3) is 7.00. The van der Waals surface area contributed by atoms with Crippen LogP contribution in [0.3, 0.4) is 0 Å². The highest BCUT2D eigenvalue weighted by Gasteiger charge is 2.22. The summed E-state index contributed by atoms with van der Waals surface area (Å²) in [6.45, 7) is 5.25. The predicted molar refractivity (Wildman–Crippen MR) is 113 cm³/mol. The van der Waals surface area contributed by atoms with Gasteiger partial charge in [-0.25, -0.2) is 0 Å². The van der Waals surface area contributed by atoms with Gasteiger partial charge in [-0.05, 0) is 69.8 Å². The van der Waals surface area contributed by atoms with Gasteiger partial charge in [0.25, 0.3) is 0 Å². The van der Waals surface area contributed by atoms with Crippen LogP contribution >= 0.6 is 0 Å². The number of allylic oxidation sites excluding steroid dienone is 1. The third-order valence-electron chi connectivity index (χ3n) is 5.18. The maximum Gasteiger partial charge on any atom is 0.238 e. The second kappa shape index (κ2) is 11.5. The first kappa shape index (κ1) is 22.0. The van der Waals surface area contributed by atoms with E-state index in [0.717, 1.165) is 25.0 Å². The van der Waals surface area contributed by atoms with E-state index in [9.17, 15) is 9.59 Å². The van der Waals surface area contributed by atoms with Gasteiger partial charge in [-0.1, -0.05) is 18.6 Å². The van der Waals surface area contributed by atoms with Crippen LogP contribution in [0, 0.1) is 0 Å². The average Bonchev–Trinajstić information content (AvgIpc) is 2.72. The Labute approximate surface area is 168 Å². The van der Waals surface area contributed by atoms with Crippen molar-refractivity contribution < 1.29 is 14.3 Å². The van der Waals surface area contributed by atoms with Gasteiger partial charge in [0, 0.05) is 12.2 Å². The lowest BCUT2D eigenvalue weighted by atomic mass is 9.97. The summed E-state index contributed by atoms with van der Waals surface area (Å²) in [5.41, 5.74) is 2.16. The summed E-state index contributed by atoms with van der Waals surface area (Å²) in [6.07, 6.45) is 8.06. The van der Waals surface area contributed by atoms with E-state index in [0.29, 0.717) is 18.8 Å². The van der Waals surface area contributed by atoms with E-state index in [2.05, 4.69) is 16.7 Å². The molecule has 0 radical (unpaired) electrons. The summed E-state index contributed by atoms with van der Waals surface area (Å²) in [5, 5.41) is 5.88. The molecule has 0 saturated heterocycles. The van der Waals surface area contributed by atoms with Crippen LogP contribution in [0.15, 0.2) is 35.9 Å². The van der Waals surface area contributed by atoms with Gasteiger partial charge in [0.2, 0.25) is 11.8 Å². The smallest absolute Gasteiger partial charge is 0.238 e. The maximum absolute atomic E-state index is 12.5. The van der Waals surface area contributed by atoms with Crippen LogP contribution in [0.4, 0.5) is 5.69 Å². The molecule has 2 N–H and O–H groups in total. The summed E-state index contributed by atoms with van der Waals surface area (Å²) < 4.78 is 5.12. The fraction of sp³-hybridized carbons (Fsp3) is 0.545. The van der Waals surface area contributed by atoms with Gasteiger partial charge in [-0.15, -0.1) is 0 Å². The molecular weight excluding hydrogens is 354 g/mol. The Balaban J connectivity index is 1.78. The molecule has 0 fully saturated rings. The molecule has 28 heavy (non-hydrogen) atoms. The van der Waals surface area contributed by atoms with E-state index in [1.54, 1.807) is 31.4 Å². The first-order chi connectivity index (χ1) is 13.5. The van der Waals surface area contributed by atoms with E-state index in [1.165, 1.54) is 18.4 Å². The molecule has 0 heterocycles. The third-order valence-corrected chi connectivity index (χ3v) is 5.18. The van der Waals surface area contributed by atoms with Crippen molar-refractivity contribution in [2.45, 2.75) is 52.0 Å². The van der Waals surface area contributed by atoms with Crippen LogP contribution in [0.5, 0.6) is 5.75 Å². The Morgan fingerprint density at radius 2 is 1.96 bits per heavy atom. The number of carbonyl (C=O) groups excluding carboxylic acids is 2. The number of benzene rings is 1. The van der Waals surface area contributed by atoms with E-state index in [4.69, 9.17) is 4.74 Å². The molecule has 2 amide bonds. The SMILES string of the molecule is CCN(CC(=O)Nc1ccc(OC)cc1)[C@@H](C)C(=O)NCCC1=CCCCC1. The minimum atomic E-state index is -0.355. The topological polar surface area (TPSA) is 70.7 Å². The van der Waals surface area contributed by atoms with Crippen molar-refractivity contribution >= 4 is 17.5 Å². The van der Waals surface area contributed by atoms with Crippen molar-refractivity contribution in [3.05, 3.63) is 35.9 Å². The van der Waals surface area contributed by atoms with Crippen molar-refractivity contribution in [2.75, 3.05) is 32.1 Å². The Kier molecular flexibility index (Phi) is 9.01. The first-order valence-electron chi connectivity index (χ1n) is 10.2. The average molecular weight is 388 g/mol. The van der Waals surface area contributed by atoms with E-state index in [1.807, 2.05) is 18.7 Å². The minimum absolute atomic E-state index is 0.0319. The quantitative estimate of drug-likeness (QED) is 0.604. The summed E-state index contributed by atoms with van der Waals surface area (Å²) in [4.78, 5) is 26.7. The van der Waals surface area contributed by atoms with Crippen molar-refractivity contribution in [2.24, 2.45) is 0 Å². The molecule has 0 aliphatic heterocycles. The highest BCUT2D eigenvalue weighted by Crippen LogP contribution is 2.19. The lowest BCUT2D eigenvalue weighted by molar-refractivity contribution is -0.127. The number of ether oxygens (including phenoxy) is 1. The molecule has 1 aromatic carbocycles. The van der Waals surface area contributed by atoms with E-state index < -0.39 is 0 Å². The lowest BCUT2D eigenvalue weighted by Crippen LogP contribution is -2.48. The second-order valence-electron chi connectivity index (χ2n) is 7.16. The van der Waals surface area contributed by atoms with Gasteiger partial charge in [0.05, 0.1) is 19.7 Å². The van der Waals surface area contributed by atoms with Gasteiger partial charge < -0.3 is 15.4 Å². The molecule has 154 valence electrons. The predicted octanol–water partition coefficient (Wildman–Crippen LogP) is 3.35. The highest BCUT2D eigenvalue weighted by molar-refractivity contribution is 5.93. The number of methoxy groups -OCH3 is 1. The number of anilines is 1. The molecule has 6 heteroatoms. The van der Waals surface area contributed by atoms with Crippen LogP contribution < -0.4 is 15.4 Å². The van der Waals surface area contributed by atoms with Crippen molar-refractivity contribution in [3.8, 4) is 5.75 Å². The van der Waals surface area contributed by atoms with Gasteiger partial charge in [0.15, 0.2) is 0 Å². The van der Waals surface area contributed by atoms with Crippen molar-refractivity contribution in [3.63, 3.8) is 0 Å². The zero-order valence-electron chi connectivity index (χ0n) is 17.3. The molecule has 2 rings (SSSR count). The molecule has 1 atom stereocenters.